The molecule has 1 N–H and O–H groups in total. The van der Waals surface area contributed by atoms with Crippen LogP contribution in [0.15, 0.2) is 24.3 Å². The minimum Gasteiger partial charge on any atom is -0.383 e. The molecule has 1 amide bonds. The Balaban J connectivity index is 2.57. The van der Waals surface area contributed by atoms with Crippen molar-refractivity contribution in [3.8, 4) is 0 Å². The quantitative estimate of drug-likeness (QED) is 0.747. The fourth-order valence-corrected chi connectivity index (χ4v) is 1.76. The van der Waals surface area contributed by atoms with E-state index in [0.29, 0.717) is 26.2 Å². The third-order valence-electron chi connectivity index (χ3n) is 2.69. The number of hydrogen-bond acceptors (Lipinski definition) is 3. The average Bonchev–Trinajstić information content (AvgIpc) is 2.36. The SMILES string of the molecule is CCN(C(=O)CNCCOC)c1cccc(C)c1. The number of benzene rings is 1. The Morgan fingerprint density at radius 2 is 2.22 bits per heavy atom. The van der Waals surface area contributed by atoms with Gasteiger partial charge >= 0.3 is 0 Å². The van der Waals surface area contributed by atoms with Gasteiger partial charge in [0.25, 0.3) is 0 Å². The number of hydrogen-bond donors (Lipinski definition) is 1. The molecule has 0 unspecified atom stereocenters. The van der Waals surface area contributed by atoms with Gasteiger partial charge in [-0.2, -0.15) is 0 Å². The topological polar surface area (TPSA) is 41.6 Å². The molecule has 1 rings (SSSR count). The molecule has 0 aliphatic carbocycles. The molecule has 0 fully saturated rings. The number of ether oxygens (including phenoxy) is 1. The highest BCUT2D eigenvalue weighted by molar-refractivity contribution is 5.94. The number of carbonyl (C=O) groups is 1. The lowest BCUT2D eigenvalue weighted by Gasteiger charge is -2.21. The van der Waals surface area contributed by atoms with Gasteiger partial charge in [0.2, 0.25) is 5.91 Å². The van der Waals surface area contributed by atoms with Gasteiger partial charge in [0.1, 0.15) is 0 Å². The number of carbonyl (C=O) groups excluding carboxylic acids is 1. The van der Waals surface area contributed by atoms with E-state index in [9.17, 15) is 4.79 Å². The number of nitrogens with one attached hydrogen (secondary N) is 1. The van der Waals surface area contributed by atoms with E-state index < -0.39 is 0 Å². The van der Waals surface area contributed by atoms with E-state index >= 15 is 0 Å². The van der Waals surface area contributed by atoms with Gasteiger partial charge in [-0.15, -0.1) is 0 Å². The Morgan fingerprint density at radius 1 is 1.44 bits per heavy atom. The van der Waals surface area contributed by atoms with Crippen LogP contribution in [0.3, 0.4) is 0 Å². The van der Waals surface area contributed by atoms with Crippen LogP contribution < -0.4 is 10.2 Å². The zero-order valence-electron chi connectivity index (χ0n) is 11.4. The molecule has 0 saturated heterocycles. The molecule has 1 aromatic rings. The van der Waals surface area contributed by atoms with E-state index in [-0.39, 0.29) is 5.91 Å². The Morgan fingerprint density at radius 3 is 2.83 bits per heavy atom. The first-order chi connectivity index (χ1) is 8.69. The minimum atomic E-state index is 0.0826. The van der Waals surface area contributed by atoms with Gasteiger partial charge in [-0.1, -0.05) is 12.1 Å². The standard InChI is InChI=1S/C14H22N2O2/c1-4-16(13-7-5-6-12(2)10-13)14(17)11-15-8-9-18-3/h5-7,10,15H,4,8-9,11H2,1-3H3. The van der Waals surface area contributed by atoms with Gasteiger partial charge in [0.15, 0.2) is 0 Å². The van der Waals surface area contributed by atoms with Crippen molar-refractivity contribution in [2.75, 3.05) is 38.3 Å². The second-order valence-corrected chi connectivity index (χ2v) is 4.15. The van der Waals surface area contributed by atoms with Crippen molar-refractivity contribution < 1.29 is 9.53 Å². The molecule has 0 atom stereocenters. The summed E-state index contributed by atoms with van der Waals surface area (Å²) in [6, 6.07) is 7.98. The Hall–Kier alpha value is -1.39. The maximum absolute atomic E-state index is 12.1. The molecule has 1 aromatic carbocycles. The van der Waals surface area contributed by atoms with Crippen molar-refractivity contribution in [3.63, 3.8) is 0 Å². The molecule has 0 saturated carbocycles. The molecule has 0 aliphatic rings. The summed E-state index contributed by atoms with van der Waals surface area (Å²) in [4.78, 5) is 13.9. The van der Waals surface area contributed by atoms with E-state index in [0.717, 1.165) is 11.3 Å². The molecule has 18 heavy (non-hydrogen) atoms. The highest BCUT2D eigenvalue weighted by Crippen LogP contribution is 2.15. The molecule has 4 nitrogen and oxygen atoms in total. The monoisotopic (exact) mass is 250 g/mol. The Labute approximate surface area is 109 Å². The van der Waals surface area contributed by atoms with Crippen LogP contribution in [0.1, 0.15) is 12.5 Å². The van der Waals surface area contributed by atoms with Crippen LogP contribution in [-0.2, 0) is 9.53 Å². The molecule has 0 spiro atoms. The first-order valence-corrected chi connectivity index (χ1v) is 6.25. The predicted molar refractivity (Wildman–Crippen MR) is 74.0 cm³/mol. The van der Waals surface area contributed by atoms with Crippen molar-refractivity contribution in [1.29, 1.82) is 0 Å². The number of likely N-dealkylation sites (N-methyl/N-ethyl adjacent to an activating group) is 1. The van der Waals surface area contributed by atoms with Crippen molar-refractivity contribution >= 4 is 11.6 Å². The largest absolute Gasteiger partial charge is 0.383 e. The van der Waals surface area contributed by atoms with E-state index in [4.69, 9.17) is 4.74 Å². The van der Waals surface area contributed by atoms with E-state index in [1.54, 1.807) is 12.0 Å². The third-order valence-corrected chi connectivity index (χ3v) is 2.69. The molecular formula is C14H22N2O2. The average molecular weight is 250 g/mol. The van der Waals surface area contributed by atoms with Crippen molar-refractivity contribution in [1.82, 2.24) is 5.32 Å². The number of nitrogens with zero attached hydrogens (tertiary/aromatic N) is 1. The van der Waals surface area contributed by atoms with Crippen molar-refractivity contribution in [2.24, 2.45) is 0 Å². The third kappa shape index (κ3) is 4.47. The lowest BCUT2D eigenvalue weighted by atomic mass is 10.2. The summed E-state index contributed by atoms with van der Waals surface area (Å²) in [6.45, 7) is 6.32. The van der Waals surface area contributed by atoms with E-state index in [2.05, 4.69) is 5.32 Å². The Kier molecular flexibility index (Phi) is 6.39. The maximum Gasteiger partial charge on any atom is 0.240 e. The summed E-state index contributed by atoms with van der Waals surface area (Å²) in [5.41, 5.74) is 2.11. The molecule has 0 bridgehead atoms. The van der Waals surface area contributed by atoms with Crippen LogP contribution in [0.25, 0.3) is 0 Å². The zero-order chi connectivity index (χ0) is 13.4. The minimum absolute atomic E-state index is 0.0826. The predicted octanol–water partition coefficient (Wildman–Crippen LogP) is 1.58. The second-order valence-electron chi connectivity index (χ2n) is 4.15. The highest BCUT2D eigenvalue weighted by atomic mass is 16.5. The molecule has 4 heteroatoms. The van der Waals surface area contributed by atoms with Crippen molar-refractivity contribution in [2.45, 2.75) is 13.8 Å². The van der Waals surface area contributed by atoms with Crippen LogP contribution in [0.4, 0.5) is 5.69 Å². The van der Waals surface area contributed by atoms with Crippen LogP contribution in [0, 0.1) is 6.92 Å². The van der Waals surface area contributed by atoms with Gasteiger partial charge in [0, 0.05) is 25.9 Å². The van der Waals surface area contributed by atoms with Crippen LogP contribution in [-0.4, -0.2) is 39.3 Å². The number of rotatable bonds is 7. The summed E-state index contributed by atoms with van der Waals surface area (Å²) in [5, 5.41) is 3.07. The van der Waals surface area contributed by atoms with Crippen LogP contribution in [0.2, 0.25) is 0 Å². The maximum atomic E-state index is 12.1. The Bertz CT molecular complexity index is 380. The van der Waals surface area contributed by atoms with Gasteiger partial charge in [-0.05, 0) is 31.5 Å². The summed E-state index contributed by atoms with van der Waals surface area (Å²) < 4.78 is 4.92. The number of amides is 1. The second kappa shape index (κ2) is 7.84. The number of methoxy groups -OCH3 is 1. The summed E-state index contributed by atoms with van der Waals surface area (Å²) >= 11 is 0. The fourth-order valence-electron chi connectivity index (χ4n) is 1.76. The molecule has 0 heterocycles. The van der Waals surface area contributed by atoms with Crippen LogP contribution in [0.5, 0.6) is 0 Å². The lowest BCUT2D eigenvalue weighted by molar-refractivity contribution is -0.117. The summed E-state index contributed by atoms with van der Waals surface area (Å²) in [6.07, 6.45) is 0. The van der Waals surface area contributed by atoms with Crippen molar-refractivity contribution in [3.05, 3.63) is 29.8 Å². The number of anilines is 1. The molecule has 0 aromatic heterocycles. The smallest absolute Gasteiger partial charge is 0.240 e. The first kappa shape index (κ1) is 14.7. The summed E-state index contributed by atoms with van der Waals surface area (Å²) in [5.74, 6) is 0.0826. The van der Waals surface area contributed by atoms with Gasteiger partial charge in [0.05, 0.1) is 13.2 Å². The lowest BCUT2D eigenvalue weighted by Crippen LogP contribution is -2.39. The van der Waals surface area contributed by atoms with E-state index in [1.807, 2.05) is 38.1 Å². The molecular weight excluding hydrogens is 228 g/mol. The van der Waals surface area contributed by atoms with Gasteiger partial charge < -0.3 is 15.0 Å². The zero-order valence-corrected chi connectivity index (χ0v) is 11.4. The van der Waals surface area contributed by atoms with E-state index in [1.165, 1.54) is 0 Å². The number of aryl methyl sites for hydroxylation is 1. The first-order valence-electron chi connectivity index (χ1n) is 6.25. The van der Waals surface area contributed by atoms with Gasteiger partial charge in [-0.3, -0.25) is 4.79 Å². The molecule has 0 radical (unpaired) electrons. The highest BCUT2D eigenvalue weighted by Gasteiger charge is 2.12. The molecule has 100 valence electrons. The fraction of sp³-hybridized carbons (Fsp3) is 0.500. The van der Waals surface area contributed by atoms with Gasteiger partial charge in [-0.25, -0.2) is 0 Å². The normalized spacial score (nSPS) is 10.4. The molecule has 0 aliphatic heterocycles. The summed E-state index contributed by atoms with van der Waals surface area (Å²) in [7, 11) is 1.65. The van der Waals surface area contributed by atoms with Crippen LogP contribution >= 0.6 is 0 Å².